The van der Waals surface area contributed by atoms with Gasteiger partial charge in [-0.2, -0.15) is 4.98 Å². The molecule has 1 aliphatic heterocycles. The van der Waals surface area contributed by atoms with Gasteiger partial charge < -0.3 is 19.9 Å². The third-order valence-electron chi connectivity index (χ3n) is 5.61. The van der Waals surface area contributed by atoms with Crippen molar-refractivity contribution in [1.29, 1.82) is 0 Å². The Morgan fingerprint density at radius 1 is 1.35 bits per heavy atom. The predicted octanol–water partition coefficient (Wildman–Crippen LogP) is 2.73. The van der Waals surface area contributed by atoms with Gasteiger partial charge in [0, 0.05) is 13.0 Å². The van der Waals surface area contributed by atoms with Crippen LogP contribution in [0, 0.1) is 5.41 Å². The van der Waals surface area contributed by atoms with Gasteiger partial charge >= 0.3 is 0 Å². The zero-order valence-electron chi connectivity index (χ0n) is 15.8. The summed E-state index contributed by atoms with van der Waals surface area (Å²) < 4.78 is 10.8. The van der Waals surface area contributed by atoms with E-state index >= 15 is 0 Å². The number of nitrogens with one attached hydrogen (secondary N) is 2. The maximum Gasteiger partial charge on any atom is 0.248 e. The maximum absolute atomic E-state index is 12.9. The van der Waals surface area contributed by atoms with Gasteiger partial charge in [-0.3, -0.25) is 4.79 Å². The van der Waals surface area contributed by atoms with E-state index in [-0.39, 0.29) is 24.4 Å². The molecular formula is C18H31ClN4O3. The van der Waals surface area contributed by atoms with Gasteiger partial charge in [0.1, 0.15) is 6.04 Å². The van der Waals surface area contributed by atoms with Crippen LogP contribution in [-0.2, 0) is 9.53 Å². The van der Waals surface area contributed by atoms with Crippen molar-refractivity contribution >= 4 is 18.3 Å². The van der Waals surface area contributed by atoms with Crippen molar-refractivity contribution in [3.8, 4) is 0 Å². The van der Waals surface area contributed by atoms with Crippen LogP contribution in [0.4, 0.5) is 0 Å². The Kier molecular flexibility index (Phi) is 7.85. The molecule has 3 rings (SSSR count). The number of carbonyl (C=O) groups excluding carboxylic acids is 1. The molecule has 148 valence electrons. The second kappa shape index (κ2) is 9.67. The lowest BCUT2D eigenvalue weighted by Gasteiger charge is -2.36. The van der Waals surface area contributed by atoms with Gasteiger partial charge in [0.25, 0.3) is 0 Å². The quantitative estimate of drug-likeness (QED) is 0.781. The Morgan fingerprint density at radius 2 is 2.04 bits per heavy atom. The third kappa shape index (κ3) is 4.75. The van der Waals surface area contributed by atoms with Crippen LogP contribution >= 0.6 is 12.4 Å². The number of halogens is 1. The fourth-order valence-corrected chi connectivity index (χ4v) is 3.98. The summed E-state index contributed by atoms with van der Waals surface area (Å²) in [6, 6.07) is -0.291. The molecule has 0 bridgehead atoms. The lowest BCUT2D eigenvalue weighted by molar-refractivity contribution is -0.137. The van der Waals surface area contributed by atoms with E-state index in [1.54, 1.807) is 7.11 Å². The topological polar surface area (TPSA) is 89.3 Å². The monoisotopic (exact) mass is 386 g/mol. The first-order valence-electron chi connectivity index (χ1n) is 9.49. The highest BCUT2D eigenvalue weighted by atomic mass is 35.5. The zero-order valence-corrected chi connectivity index (χ0v) is 16.6. The van der Waals surface area contributed by atoms with E-state index in [1.165, 1.54) is 19.3 Å². The van der Waals surface area contributed by atoms with Crippen molar-refractivity contribution in [2.75, 3.05) is 26.8 Å². The second-order valence-corrected chi connectivity index (χ2v) is 7.48. The van der Waals surface area contributed by atoms with Gasteiger partial charge in [0.05, 0.1) is 12.0 Å². The van der Waals surface area contributed by atoms with Crippen molar-refractivity contribution in [3.05, 3.63) is 11.7 Å². The van der Waals surface area contributed by atoms with E-state index in [0.717, 1.165) is 44.6 Å². The maximum atomic E-state index is 12.9. The number of hydrogen-bond acceptors (Lipinski definition) is 6. The molecular weight excluding hydrogens is 356 g/mol. The summed E-state index contributed by atoms with van der Waals surface area (Å²) in [5.74, 6) is 1.71. The summed E-state index contributed by atoms with van der Waals surface area (Å²) in [4.78, 5) is 17.5. The minimum Gasteiger partial charge on any atom is -0.384 e. The molecule has 7 nitrogen and oxygen atoms in total. The number of rotatable bonds is 6. The number of amides is 1. The fourth-order valence-electron chi connectivity index (χ4n) is 3.98. The minimum atomic E-state index is -0.472. The highest BCUT2D eigenvalue weighted by Crippen LogP contribution is 2.32. The molecule has 1 aliphatic carbocycles. The first-order valence-corrected chi connectivity index (χ1v) is 9.49. The molecule has 0 radical (unpaired) electrons. The van der Waals surface area contributed by atoms with Crippen LogP contribution in [0.3, 0.4) is 0 Å². The Hall–Kier alpha value is -1.18. The Morgan fingerprint density at radius 3 is 2.69 bits per heavy atom. The van der Waals surface area contributed by atoms with Crippen molar-refractivity contribution in [2.45, 2.75) is 63.8 Å². The van der Waals surface area contributed by atoms with Crippen molar-refractivity contribution < 1.29 is 14.1 Å². The summed E-state index contributed by atoms with van der Waals surface area (Å²) in [5, 5.41) is 10.5. The number of piperidine rings is 1. The first kappa shape index (κ1) is 21.1. The normalized spacial score (nSPS) is 21.6. The van der Waals surface area contributed by atoms with E-state index in [1.807, 2.05) is 6.92 Å². The van der Waals surface area contributed by atoms with Crippen LogP contribution in [0.5, 0.6) is 0 Å². The molecule has 2 N–H and O–H groups in total. The Bertz CT molecular complexity index is 563. The van der Waals surface area contributed by atoms with Crippen molar-refractivity contribution in [3.63, 3.8) is 0 Å². The van der Waals surface area contributed by atoms with Crippen LogP contribution in [0.25, 0.3) is 0 Å². The van der Waals surface area contributed by atoms with Gasteiger partial charge in [0.2, 0.25) is 11.8 Å². The van der Waals surface area contributed by atoms with Gasteiger partial charge in [-0.05, 0) is 45.7 Å². The van der Waals surface area contributed by atoms with Crippen LogP contribution < -0.4 is 10.6 Å². The number of carbonyl (C=O) groups is 1. The van der Waals surface area contributed by atoms with Crippen LogP contribution in [0.2, 0.25) is 0 Å². The Labute approximate surface area is 161 Å². The van der Waals surface area contributed by atoms with Crippen LogP contribution in [-0.4, -0.2) is 42.9 Å². The van der Waals surface area contributed by atoms with E-state index < -0.39 is 5.41 Å². The highest BCUT2D eigenvalue weighted by molar-refractivity contribution is 5.85. The number of methoxy groups -OCH3 is 1. The fraction of sp³-hybridized carbons (Fsp3) is 0.833. The van der Waals surface area contributed by atoms with Gasteiger partial charge in [-0.25, -0.2) is 0 Å². The molecule has 2 fully saturated rings. The van der Waals surface area contributed by atoms with Crippen LogP contribution in [0.15, 0.2) is 4.52 Å². The molecule has 0 spiro atoms. The van der Waals surface area contributed by atoms with Crippen LogP contribution in [0.1, 0.15) is 75.5 Å². The molecule has 2 aliphatic rings. The molecule has 1 atom stereocenters. The van der Waals surface area contributed by atoms with Gasteiger partial charge in [-0.15, -0.1) is 12.4 Å². The molecule has 1 saturated carbocycles. The molecule has 26 heavy (non-hydrogen) atoms. The molecule has 0 aromatic carbocycles. The van der Waals surface area contributed by atoms with Crippen molar-refractivity contribution in [2.24, 2.45) is 5.41 Å². The smallest absolute Gasteiger partial charge is 0.248 e. The largest absolute Gasteiger partial charge is 0.384 e. The lowest BCUT2D eigenvalue weighted by Crippen LogP contribution is -2.50. The van der Waals surface area contributed by atoms with E-state index in [2.05, 4.69) is 20.8 Å². The minimum absolute atomic E-state index is 0. The summed E-state index contributed by atoms with van der Waals surface area (Å²) in [6.07, 6.45) is 7.56. The standard InChI is InChI=1S/C18H30N4O3.ClH/c1-13(16-21-15(22-25-16)14-6-4-3-5-7-14)20-17(23)18(12-24-2)8-10-19-11-9-18;/h13-14,19H,3-12H2,1-2H3,(H,20,23);1H. The SMILES string of the molecule is COCC1(C(=O)NC(C)c2nc(C3CCCCC3)no2)CCNCC1.Cl. The number of aromatic nitrogens is 2. The molecule has 1 unspecified atom stereocenters. The summed E-state index contributed by atoms with van der Waals surface area (Å²) in [5.41, 5.74) is -0.472. The molecule has 1 saturated heterocycles. The molecule has 2 heterocycles. The second-order valence-electron chi connectivity index (χ2n) is 7.48. The predicted molar refractivity (Wildman–Crippen MR) is 100 cm³/mol. The lowest BCUT2D eigenvalue weighted by atomic mass is 9.78. The first-order chi connectivity index (χ1) is 12.1. The van der Waals surface area contributed by atoms with Gasteiger partial charge in [0.15, 0.2) is 5.82 Å². The summed E-state index contributed by atoms with van der Waals surface area (Å²) in [7, 11) is 1.65. The zero-order chi connectivity index (χ0) is 17.7. The van der Waals surface area contributed by atoms with E-state index in [9.17, 15) is 4.79 Å². The van der Waals surface area contributed by atoms with Crippen molar-refractivity contribution in [1.82, 2.24) is 20.8 Å². The average molecular weight is 387 g/mol. The van der Waals surface area contributed by atoms with E-state index in [4.69, 9.17) is 9.26 Å². The molecule has 1 aromatic rings. The molecule has 1 aromatic heterocycles. The Balaban J connectivity index is 0.00000243. The molecule has 1 amide bonds. The number of ether oxygens (including phenoxy) is 1. The number of nitrogens with zero attached hydrogens (tertiary/aromatic N) is 2. The number of hydrogen-bond donors (Lipinski definition) is 2. The summed E-state index contributed by atoms with van der Waals surface area (Å²) >= 11 is 0. The highest BCUT2D eigenvalue weighted by Gasteiger charge is 2.40. The van der Waals surface area contributed by atoms with Gasteiger partial charge in [-0.1, -0.05) is 24.4 Å². The average Bonchev–Trinajstić information content (AvgIpc) is 3.14. The summed E-state index contributed by atoms with van der Waals surface area (Å²) in [6.45, 7) is 4.00. The van der Waals surface area contributed by atoms with E-state index in [0.29, 0.717) is 18.4 Å². The molecule has 8 heteroatoms. The third-order valence-corrected chi connectivity index (χ3v) is 5.61.